The average Bonchev–Trinajstić information content (AvgIpc) is 3.76. The first-order chi connectivity index (χ1) is 28.3. The number of amidine groups is 1. The molecule has 0 saturated carbocycles. The van der Waals surface area contributed by atoms with E-state index in [0.29, 0.717) is 11.4 Å². The molecule has 1 aliphatic rings. The van der Waals surface area contributed by atoms with Crippen molar-refractivity contribution < 1.29 is 4.42 Å². The first-order valence-electron chi connectivity index (χ1n) is 19.6. The van der Waals surface area contributed by atoms with Crippen LogP contribution in [0.15, 0.2) is 172 Å². The number of aromatic nitrogens is 1. The van der Waals surface area contributed by atoms with Crippen molar-refractivity contribution in [2.45, 2.75) is 33.1 Å². The van der Waals surface area contributed by atoms with Crippen LogP contribution in [0.3, 0.4) is 0 Å². The summed E-state index contributed by atoms with van der Waals surface area (Å²) >= 11 is 0. The van der Waals surface area contributed by atoms with Gasteiger partial charge in [-0.15, -0.1) is 0 Å². The lowest BCUT2D eigenvalue weighted by Gasteiger charge is -2.21. The minimum absolute atomic E-state index is 0.0831. The highest BCUT2D eigenvalue weighted by atomic mass is 16.3. The summed E-state index contributed by atoms with van der Waals surface area (Å²) in [5.41, 5.74) is 14.6. The van der Waals surface area contributed by atoms with Crippen molar-refractivity contribution in [3.8, 4) is 28.5 Å². The van der Waals surface area contributed by atoms with Gasteiger partial charge in [0, 0.05) is 49.2 Å². The van der Waals surface area contributed by atoms with Crippen molar-refractivity contribution in [1.29, 1.82) is 5.26 Å². The van der Waals surface area contributed by atoms with Crippen LogP contribution in [-0.2, 0) is 5.41 Å². The first-order valence-corrected chi connectivity index (χ1v) is 19.6. The Morgan fingerprint density at radius 2 is 1.34 bits per heavy atom. The molecular weight excluding hydrogens is 709 g/mol. The van der Waals surface area contributed by atoms with Gasteiger partial charge in [0.1, 0.15) is 11.2 Å². The zero-order valence-electron chi connectivity index (χ0n) is 32.7. The molecule has 276 valence electrons. The maximum absolute atomic E-state index is 9.49. The predicted molar refractivity (Wildman–Crippen MR) is 240 cm³/mol. The smallest absolute Gasteiger partial charge is 0.160 e. The molecule has 1 aliphatic carbocycles. The normalized spacial score (nSPS) is 13.9. The summed E-state index contributed by atoms with van der Waals surface area (Å²) in [4.78, 5) is 15.8. The van der Waals surface area contributed by atoms with Gasteiger partial charge >= 0.3 is 0 Å². The van der Waals surface area contributed by atoms with E-state index in [1.54, 1.807) is 0 Å². The van der Waals surface area contributed by atoms with E-state index in [4.69, 9.17) is 19.4 Å². The van der Waals surface area contributed by atoms with Gasteiger partial charge in [0.05, 0.1) is 28.5 Å². The van der Waals surface area contributed by atoms with Crippen LogP contribution < -0.4 is 0 Å². The lowest BCUT2D eigenvalue weighted by atomic mass is 9.82. The fraction of sp³-hybridized carbons (Fsp3) is 0.0943. The van der Waals surface area contributed by atoms with Crippen LogP contribution in [0.2, 0.25) is 0 Å². The molecule has 5 nitrogen and oxygen atoms in total. The summed E-state index contributed by atoms with van der Waals surface area (Å²) in [6.07, 6.45) is 1.99. The molecule has 0 spiro atoms. The van der Waals surface area contributed by atoms with E-state index in [1.807, 2.05) is 61.5 Å². The summed E-state index contributed by atoms with van der Waals surface area (Å²) in [6, 6.07) is 54.3. The molecule has 0 fully saturated rings. The highest BCUT2D eigenvalue weighted by Crippen LogP contribution is 2.49. The van der Waals surface area contributed by atoms with Gasteiger partial charge in [-0.05, 0) is 102 Å². The maximum Gasteiger partial charge on any atom is 0.160 e. The van der Waals surface area contributed by atoms with Crippen molar-refractivity contribution in [3.63, 3.8) is 0 Å². The number of furan rings is 1. The lowest BCUT2D eigenvalue weighted by molar-refractivity contribution is 0.660. The van der Waals surface area contributed by atoms with Crippen molar-refractivity contribution in [2.75, 3.05) is 0 Å². The van der Waals surface area contributed by atoms with Gasteiger partial charge in [-0.25, -0.2) is 15.0 Å². The minimum atomic E-state index is -0.0831. The van der Waals surface area contributed by atoms with E-state index in [1.165, 1.54) is 22.3 Å². The Labute approximate surface area is 337 Å². The second-order valence-corrected chi connectivity index (χ2v) is 15.4. The standard InChI is InChI=1S/C53H38N4O/c1-5-45(34-21-19-33(31-54)20-22-34)57-52(55-32(2)36-23-26-44-41(29-36)38-15-9-11-17-43(38)53(44,3)4)37-24-27-47-42(30-37)50-48(58-47)28-25-40-49(50)39-16-10-12-18-46(39)56-51(40)35-13-7-6-8-14-35/h5-30H,1-4H3/b45-5+,55-32+,57-52-. The number of pyridine rings is 1. The molecule has 5 heteroatoms. The van der Waals surface area contributed by atoms with E-state index in [0.717, 1.165) is 83.0 Å². The average molecular weight is 747 g/mol. The molecule has 0 aliphatic heterocycles. The third kappa shape index (κ3) is 5.64. The zero-order valence-corrected chi connectivity index (χ0v) is 32.7. The fourth-order valence-electron chi connectivity index (χ4n) is 8.71. The molecule has 9 aromatic rings. The highest BCUT2D eigenvalue weighted by Gasteiger charge is 2.35. The van der Waals surface area contributed by atoms with Crippen LogP contribution in [0.4, 0.5) is 0 Å². The molecule has 2 aromatic heterocycles. The molecule has 0 amide bonds. The van der Waals surface area contributed by atoms with Crippen LogP contribution in [0.1, 0.15) is 61.1 Å². The van der Waals surface area contributed by atoms with Gasteiger partial charge in [-0.1, -0.05) is 117 Å². The molecule has 0 saturated heterocycles. The van der Waals surface area contributed by atoms with Crippen LogP contribution in [0, 0.1) is 11.3 Å². The second kappa shape index (κ2) is 13.7. The van der Waals surface area contributed by atoms with Crippen molar-refractivity contribution in [3.05, 3.63) is 191 Å². The molecule has 58 heavy (non-hydrogen) atoms. The number of hydrogen-bond acceptors (Lipinski definition) is 4. The molecule has 2 heterocycles. The Morgan fingerprint density at radius 1 is 0.638 bits per heavy atom. The van der Waals surface area contributed by atoms with Crippen LogP contribution in [0.5, 0.6) is 0 Å². The number of para-hydroxylation sites is 1. The van der Waals surface area contributed by atoms with Gasteiger partial charge in [0.15, 0.2) is 5.84 Å². The van der Waals surface area contributed by atoms with Gasteiger partial charge in [-0.2, -0.15) is 5.26 Å². The number of nitriles is 1. The van der Waals surface area contributed by atoms with Crippen molar-refractivity contribution in [1.82, 2.24) is 4.98 Å². The summed E-state index contributed by atoms with van der Waals surface area (Å²) in [7, 11) is 0. The van der Waals surface area contributed by atoms with Crippen LogP contribution in [-0.4, -0.2) is 16.5 Å². The number of hydrogen-bond donors (Lipinski definition) is 0. The molecule has 10 rings (SSSR count). The van der Waals surface area contributed by atoms with Crippen LogP contribution in [0.25, 0.3) is 71.7 Å². The third-order valence-corrected chi connectivity index (χ3v) is 11.7. The van der Waals surface area contributed by atoms with Crippen LogP contribution >= 0.6 is 0 Å². The fourth-order valence-corrected chi connectivity index (χ4v) is 8.71. The number of benzene rings is 7. The van der Waals surface area contributed by atoms with Gasteiger partial charge in [0.25, 0.3) is 0 Å². The maximum atomic E-state index is 9.49. The molecule has 0 radical (unpaired) electrons. The molecule has 0 N–H and O–H groups in total. The summed E-state index contributed by atoms with van der Waals surface area (Å²) in [5, 5.41) is 14.7. The number of fused-ring (bicyclic) bond motifs is 10. The Morgan fingerprint density at radius 3 is 2.16 bits per heavy atom. The van der Waals surface area contributed by atoms with Crippen molar-refractivity contribution in [2.24, 2.45) is 9.98 Å². The van der Waals surface area contributed by atoms with Gasteiger partial charge < -0.3 is 4.42 Å². The van der Waals surface area contributed by atoms with Gasteiger partial charge in [0.2, 0.25) is 0 Å². The van der Waals surface area contributed by atoms with Crippen molar-refractivity contribution >= 4 is 60.9 Å². The Hall–Kier alpha value is -7.42. The van der Waals surface area contributed by atoms with E-state index in [-0.39, 0.29) is 5.41 Å². The van der Waals surface area contributed by atoms with E-state index >= 15 is 0 Å². The molecule has 0 bridgehead atoms. The third-order valence-electron chi connectivity index (χ3n) is 11.7. The minimum Gasteiger partial charge on any atom is -0.456 e. The SMILES string of the molecule is C/C=C(/N=C(\N=C(/C)c1ccc2c(c1)-c1ccccc1C2(C)C)c1ccc2oc3ccc4c(-c5ccccc5)nc5ccccc5c4c3c2c1)c1ccc(C#N)cc1. The number of rotatable bonds is 5. The lowest BCUT2D eigenvalue weighted by Crippen LogP contribution is -2.15. The Balaban J connectivity index is 1.19. The quantitative estimate of drug-likeness (QED) is 0.1000. The predicted octanol–water partition coefficient (Wildman–Crippen LogP) is 13.4. The summed E-state index contributed by atoms with van der Waals surface area (Å²) < 4.78 is 6.59. The Kier molecular flexibility index (Phi) is 8.24. The molecule has 0 unspecified atom stereocenters. The summed E-state index contributed by atoms with van der Waals surface area (Å²) in [5.74, 6) is 0.573. The Bertz CT molecular complexity index is 3270. The number of allylic oxidation sites excluding steroid dienone is 1. The zero-order chi connectivity index (χ0) is 39.5. The number of nitrogens with zero attached hydrogens (tertiary/aromatic N) is 4. The monoisotopic (exact) mass is 746 g/mol. The molecular formula is C53H38N4O. The van der Waals surface area contributed by atoms with Gasteiger partial charge in [-0.3, -0.25) is 0 Å². The van der Waals surface area contributed by atoms with E-state index < -0.39 is 0 Å². The molecule has 0 atom stereocenters. The summed E-state index contributed by atoms with van der Waals surface area (Å²) in [6.45, 7) is 8.63. The van der Waals surface area contributed by atoms with E-state index in [9.17, 15) is 5.26 Å². The first kappa shape index (κ1) is 35.0. The van der Waals surface area contributed by atoms with E-state index in [2.05, 4.69) is 130 Å². The molecule has 7 aromatic carbocycles. The topological polar surface area (TPSA) is 74.5 Å². The number of aliphatic imine (C=N–C) groups is 2. The largest absolute Gasteiger partial charge is 0.456 e. The highest BCUT2D eigenvalue weighted by molar-refractivity contribution is 6.28. The second-order valence-electron chi connectivity index (χ2n) is 15.4.